The van der Waals surface area contributed by atoms with Crippen molar-refractivity contribution in [2.24, 2.45) is 7.05 Å². The van der Waals surface area contributed by atoms with E-state index in [1.165, 1.54) is 16.5 Å². The van der Waals surface area contributed by atoms with E-state index < -0.39 is 0 Å². The van der Waals surface area contributed by atoms with Gasteiger partial charge in [-0.15, -0.1) is 0 Å². The van der Waals surface area contributed by atoms with Crippen molar-refractivity contribution in [3.63, 3.8) is 0 Å². The quantitative estimate of drug-likeness (QED) is 0.560. The first-order valence-corrected chi connectivity index (χ1v) is 8.83. The van der Waals surface area contributed by atoms with Gasteiger partial charge in [-0.1, -0.05) is 42.5 Å². The first kappa shape index (κ1) is 16.3. The summed E-state index contributed by atoms with van der Waals surface area (Å²) in [7, 11) is 2.06. The molecule has 0 aliphatic carbocycles. The van der Waals surface area contributed by atoms with Crippen LogP contribution in [-0.2, 0) is 7.05 Å². The number of aromatic nitrogens is 3. The summed E-state index contributed by atoms with van der Waals surface area (Å²) in [5.74, 6) is 1.60. The van der Waals surface area contributed by atoms with Gasteiger partial charge in [0.15, 0.2) is 0 Å². The fourth-order valence-corrected chi connectivity index (χ4v) is 3.26. The predicted molar refractivity (Wildman–Crippen MR) is 107 cm³/mol. The topological polar surface area (TPSA) is 42.7 Å². The Morgan fingerprint density at radius 1 is 0.962 bits per heavy atom. The first-order chi connectivity index (χ1) is 12.6. The molecule has 0 radical (unpaired) electrons. The average Bonchev–Trinajstić information content (AvgIpc) is 3.02. The van der Waals surface area contributed by atoms with Crippen molar-refractivity contribution in [1.82, 2.24) is 14.5 Å². The van der Waals surface area contributed by atoms with Crippen LogP contribution in [-0.4, -0.2) is 14.5 Å². The summed E-state index contributed by atoms with van der Waals surface area (Å²) in [5, 5.41) is 4.73. The molecule has 0 saturated heterocycles. The minimum Gasteiger partial charge on any atom is -0.363 e. The lowest BCUT2D eigenvalue weighted by atomic mass is 10.1. The van der Waals surface area contributed by atoms with Crippen LogP contribution in [0.2, 0.25) is 0 Å². The molecule has 4 nitrogen and oxygen atoms in total. The van der Waals surface area contributed by atoms with Gasteiger partial charge in [-0.3, -0.25) is 0 Å². The maximum Gasteiger partial charge on any atom is 0.130 e. The molecular weight excluding hydrogens is 320 g/mol. The molecule has 4 heteroatoms. The highest BCUT2D eigenvalue weighted by Gasteiger charge is 2.10. The number of hydrogen-bond donors (Lipinski definition) is 1. The van der Waals surface area contributed by atoms with E-state index in [-0.39, 0.29) is 6.04 Å². The zero-order valence-electron chi connectivity index (χ0n) is 15.3. The van der Waals surface area contributed by atoms with Crippen LogP contribution in [0.25, 0.3) is 22.2 Å². The number of anilines is 1. The minimum atomic E-state index is 0.175. The van der Waals surface area contributed by atoms with Crippen molar-refractivity contribution in [3.8, 4) is 11.3 Å². The van der Waals surface area contributed by atoms with E-state index in [0.717, 1.165) is 22.9 Å². The second kappa shape index (κ2) is 6.64. The zero-order chi connectivity index (χ0) is 18.1. The number of rotatable bonds is 4. The van der Waals surface area contributed by atoms with Gasteiger partial charge in [0, 0.05) is 36.4 Å². The summed E-state index contributed by atoms with van der Waals surface area (Å²) in [6, 6.07) is 21.1. The lowest BCUT2D eigenvalue weighted by Crippen LogP contribution is -2.09. The fraction of sp³-hybridized carbons (Fsp3) is 0.182. The smallest absolute Gasteiger partial charge is 0.130 e. The maximum atomic E-state index is 4.64. The molecule has 0 spiro atoms. The molecule has 2 heterocycles. The van der Waals surface area contributed by atoms with Gasteiger partial charge < -0.3 is 9.88 Å². The van der Waals surface area contributed by atoms with Crippen LogP contribution < -0.4 is 5.32 Å². The van der Waals surface area contributed by atoms with E-state index in [4.69, 9.17) is 0 Å². The van der Waals surface area contributed by atoms with Gasteiger partial charge in [0.2, 0.25) is 0 Å². The molecule has 26 heavy (non-hydrogen) atoms. The van der Waals surface area contributed by atoms with Gasteiger partial charge in [-0.2, -0.15) is 0 Å². The molecule has 1 atom stereocenters. The van der Waals surface area contributed by atoms with Crippen molar-refractivity contribution in [2.75, 3.05) is 5.32 Å². The van der Waals surface area contributed by atoms with Gasteiger partial charge >= 0.3 is 0 Å². The van der Waals surface area contributed by atoms with Crippen molar-refractivity contribution in [1.29, 1.82) is 0 Å². The largest absolute Gasteiger partial charge is 0.363 e. The van der Waals surface area contributed by atoms with Gasteiger partial charge in [0.05, 0.1) is 5.69 Å². The molecule has 4 aromatic rings. The van der Waals surface area contributed by atoms with E-state index in [1.54, 1.807) is 0 Å². The number of benzene rings is 2. The molecule has 0 amide bonds. The van der Waals surface area contributed by atoms with E-state index in [0.29, 0.717) is 0 Å². The third-order valence-electron chi connectivity index (χ3n) is 4.69. The third kappa shape index (κ3) is 3.18. The van der Waals surface area contributed by atoms with Gasteiger partial charge in [0.25, 0.3) is 0 Å². The van der Waals surface area contributed by atoms with E-state index in [9.17, 15) is 0 Å². The molecule has 2 aromatic carbocycles. The number of aryl methyl sites for hydroxylation is 2. The number of nitrogens with one attached hydrogen (secondary N) is 1. The summed E-state index contributed by atoms with van der Waals surface area (Å²) in [5.41, 5.74) is 4.46. The number of fused-ring (bicyclic) bond motifs is 1. The highest BCUT2D eigenvalue weighted by Crippen LogP contribution is 2.26. The summed E-state index contributed by atoms with van der Waals surface area (Å²) < 4.78 is 2.13. The number of hydrogen-bond acceptors (Lipinski definition) is 3. The minimum absolute atomic E-state index is 0.175. The zero-order valence-corrected chi connectivity index (χ0v) is 15.3. The van der Waals surface area contributed by atoms with Crippen molar-refractivity contribution >= 4 is 16.7 Å². The fourth-order valence-electron chi connectivity index (χ4n) is 3.26. The Kier molecular flexibility index (Phi) is 4.17. The summed E-state index contributed by atoms with van der Waals surface area (Å²) in [4.78, 5) is 9.21. The van der Waals surface area contributed by atoms with E-state index >= 15 is 0 Å². The van der Waals surface area contributed by atoms with Crippen LogP contribution in [0, 0.1) is 6.92 Å². The SMILES string of the molecule is Cc1nc(NC(C)c2ccccc2)cc(-c2ccc3ccn(C)c3c2)n1. The van der Waals surface area contributed by atoms with Gasteiger partial charge in [-0.05, 0) is 36.9 Å². The maximum absolute atomic E-state index is 4.64. The monoisotopic (exact) mass is 342 g/mol. The lowest BCUT2D eigenvalue weighted by Gasteiger charge is -2.16. The summed E-state index contributed by atoms with van der Waals surface area (Å²) >= 11 is 0. The predicted octanol–water partition coefficient (Wildman–Crippen LogP) is 5.12. The average molecular weight is 342 g/mol. The van der Waals surface area contributed by atoms with Gasteiger partial charge in [0.1, 0.15) is 11.6 Å². The molecule has 0 aliphatic rings. The second-order valence-corrected chi connectivity index (χ2v) is 6.66. The standard InChI is InChI=1S/C22H22N4/c1-15(17-7-5-4-6-8-17)23-22-14-20(24-16(2)25-22)19-10-9-18-11-12-26(3)21(18)13-19/h4-15H,1-3H3,(H,23,24,25). The van der Waals surface area contributed by atoms with Crippen molar-refractivity contribution < 1.29 is 0 Å². The van der Waals surface area contributed by atoms with Crippen LogP contribution >= 0.6 is 0 Å². The Labute approximate surface area is 153 Å². The Morgan fingerprint density at radius 3 is 2.58 bits per heavy atom. The van der Waals surface area contributed by atoms with Crippen LogP contribution in [0.15, 0.2) is 66.9 Å². The molecule has 4 rings (SSSR count). The molecular formula is C22H22N4. The normalized spacial score (nSPS) is 12.3. The van der Waals surface area contributed by atoms with Crippen LogP contribution in [0.1, 0.15) is 24.4 Å². The van der Waals surface area contributed by atoms with Crippen LogP contribution in [0.4, 0.5) is 5.82 Å². The summed E-state index contributed by atoms with van der Waals surface area (Å²) in [6.07, 6.45) is 2.08. The Balaban J connectivity index is 1.68. The first-order valence-electron chi connectivity index (χ1n) is 8.83. The second-order valence-electron chi connectivity index (χ2n) is 6.66. The number of nitrogens with zero attached hydrogens (tertiary/aromatic N) is 3. The Hall–Kier alpha value is -3.14. The van der Waals surface area contributed by atoms with Crippen molar-refractivity contribution in [2.45, 2.75) is 19.9 Å². The molecule has 0 aliphatic heterocycles. The van der Waals surface area contributed by atoms with Crippen LogP contribution in [0.5, 0.6) is 0 Å². The highest BCUT2D eigenvalue weighted by atomic mass is 15.0. The third-order valence-corrected chi connectivity index (χ3v) is 4.69. The van der Waals surface area contributed by atoms with Crippen molar-refractivity contribution in [3.05, 3.63) is 78.2 Å². The highest BCUT2D eigenvalue weighted by molar-refractivity contribution is 5.85. The molecule has 0 fully saturated rings. The molecule has 0 bridgehead atoms. The molecule has 1 N–H and O–H groups in total. The molecule has 2 aromatic heterocycles. The Bertz CT molecular complexity index is 1050. The van der Waals surface area contributed by atoms with E-state index in [2.05, 4.69) is 88.6 Å². The molecule has 130 valence electrons. The molecule has 1 unspecified atom stereocenters. The summed E-state index contributed by atoms with van der Waals surface area (Å²) in [6.45, 7) is 4.07. The molecule has 0 saturated carbocycles. The van der Waals surface area contributed by atoms with Crippen LogP contribution in [0.3, 0.4) is 0 Å². The Morgan fingerprint density at radius 2 is 1.77 bits per heavy atom. The van der Waals surface area contributed by atoms with Gasteiger partial charge in [-0.25, -0.2) is 9.97 Å². The lowest BCUT2D eigenvalue weighted by molar-refractivity contribution is 0.867. The van der Waals surface area contributed by atoms with E-state index in [1.807, 2.05) is 19.1 Å².